The molecule has 0 fully saturated rings. The number of rotatable bonds is 11. The van der Waals surface area contributed by atoms with Gasteiger partial charge < -0.3 is 9.47 Å². The Morgan fingerprint density at radius 3 is 2.41 bits per heavy atom. The molecule has 0 aliphatic heterocycles. The Bertz CT molecular complexity index is 1630. The lowest BCUT2D eigenvalue weighted by molar-refractivity contribution is -0.118. The summed E-state index contributed by atoms with van der Waals surface area (Å²) in [5, 5.41) is 13.5. The summed E-state index contributed by atoms with van der Waals surface area (Å²) in [5.41, 5.74) is 6.21. The van der Waals surface area contributed by atoms with Gasteiger partial charge in [-0.05, 0) is 53.6 Å². The van der Waals surface area contributed by atoms with E-state index in [1.807, 2.05) is 102 Å². The molecule has 41 heavy (non-hydrogen) atoms. The average Bonchev–Trinajstić information content (AvgIpc) is 3.44. The highest BCUT2D eigenvalue weighted by Gasteiger charge is 2.17. The third-order valence-electron chi connectivity index (χ3n) is 5.91. The largest absolute Gasteiger partial charge is 0.493 e. The highest BCUT2D eigenvalue weighted by molar-refractivity contribution is 9.10. The van der Waals surface area contributed by atoms with Gasteiger partial charge in [0.15, 0.2) is 22.5 Å². The van der Waals surface area contributed by atoms with Gasteiger partial charge in [0.25, 0.3) is 5.91 Å². The second-order valence-electron chi connectivity index (χ2n) is 8.75. The number of hydrazone groups is 1. The fourth-order valence-electron chi connectivity index (χ4n) is 3.92. The zero-order valence-corrected chi connectivity index (χ0v) is 24.5. The molecule has 0 radical (unpaired) electrons. The zero-order valence-electron chi connectivity index (χ0n) is 22.1. The molecule has 4 aromatic carbocycles. The van der Waals surface area contributed by atoms with Crippen LogP contribution in [0.1, 0.15) is 11.1 Å². The highest BCUT2D eigenvalue weighted by atomic mass is 79.9. The first-order chi connectivity index (χ1) is 20.1. The van der Waals surface area contributed by atoms with Crippen molar-refractivity contribution in [3.05, 3.63) is 119 Å². The molecule has 206 valence electrons. The van der Waals surface area contributed by atoms with Crippen LogP contribution in [0.4, 0.5) is 0 Å². The van der Waals surface area contributed by atoms with Crippen LogP contribution in [0.5, 0.6) is 11.5 Å². The lowest BCUT2D eigenvalue weighted by Crippen LogP contribution is -2.20. The second kappa shape index (κ2) is 13.8. The van der Waals surface area contributed by atoms with E-state index in [0.29, 0.717) is 29.1 Å². The molecule has 1 N–H and O–H groups in total. The second-order valence-corrected chi connectivity index (χ2v) is 10.6. The van der Waals surface area contributed by atoms with Crippen LogP contribution in [0, 0.1) is 0 Å². The molecule has 0 spiro atoms. The summed E-state index contributed by atoms with van der Waals surface area (Å²) in [6.45, 7) is 0.431. The van der Waals surface area contributed by atoms with Crippen molar-refractivity contribution in [3.63, 3.8) is 0 Å². The van der Waals surface area contributed by atoms with E-state index in [2.05, 4.69) is 36.7 Å². The van der Waals surface area contributed by atoms with Gasteiger partial charge in [0.05, 0.1) is 19.1 Å². The van der Waals surface area contributed by atoms with Crippen molar-refractivity contribution in [3.8, 4) is 28.6 Å². The van der Waals surface area contributed by atoms with Crippen LogP contribution < -0.4 is 14.9 Å². The molecule has 0 bridgehead atoms. The Labute approximate surface area is 250 Å². The Balaban J connectivity index is 1.22. The van der Waals surface area contributed by atoms with E-state index in [4.69, 9.17) is 9.47 Å². The van der Waals surface area contributed by atoms with Crippen LogP contribution in [-0.2, 0) is 11.4 Å². The molecule has 10 heteroatoms. The number of ether oxygens (including phenoxy) is 2. The summed E-state index contributed by atoms with van der Waals surface area (Å²) in [6.07, 6.45) is 1.56. The van der Waals surface area contributed by atoms with E-state index in [9.17, 15) is 4.79 Å². The summed E-state index contributed by atoms with van der Waals surface area (Å²) >= 11 is 4.77. The number of amides is 1. The molecule has 0 saturated carbocycles. The third-order valence-corrected chi connectivity index (χ3v) is 7.37. The number of carbonyl (C=O) groups is 1. The average molecular weight is 629 g/mol. The van der Waals surface area contributed by atoms with E-state index in [1.165, 1.54) is 11.8 Å². The SMILES string of the molecule is COc1cc(C=NNC(=O)CSc2nnc(-c3ccccc3)n2-c2ccc(Br)cc2)ccc1OCc1ccccc1. The van der Waals surface area contributed by atoms with Gasteiger partial charge in [0, 0.05) is 15.7 Å². The summed E-state index contributed by atoms with van der Waals surface area (Å²) in [5.74, 6) is 1.73. The Morgan fingerprint density at radius 2 is 1.68 bits per heavy atom. The minimum absolute atomic E-state index is 0.108. The van der Waals surface area contributed by atoms with Crippen LogP contribution in [0.15, 0.2) is 118 Å². The van der Waals surface area contributed by atoms with E-state index in [-0.39, 0.29) is 11.7 Å². The first kappa shape index (κ1) is 28.1. The molecule has 0 unspecified atom stereocenters. The van der Waals surface area contributed by atoms with Crippen LogP contribution in [0.2, 0.25) is 0 Å². The van der Waals surface area contributed by atoms with E-state index >= 15 is 0 Å². The lowest BCUT2D eigenvalue weighted by Gasteiger charge is -2.11. The first-order valence-corrected chi connectivity index (χ1v) is 14.4. The van der Waals surface area contributed by atoms with Crippen molar-refractivity contribution < 1.29 is 14.3 Å². The van der Waals surface area contributed by atoms with Gasteiger partial charge in [0.1, 0.15) is 6.61 Å². The maximum atomic E-state index is 12.6. The van der Waals surface area contributed by atoms with Gasteiger partial charge in [0.2, 0.25) is 0 Å². The Hall–Kier alpha value is -4.41. The maximum Gasteiger partial charge on any atom is 0.250 e. The summed E-state index contributed by atoms with van der Waals surface area (Å²) in [6, 6.07) is 33.0. The van der Waals surface area contributed by atoms with Gasteiger partial charge in [-0.25, -0.2) is 5.43 Å². The number of aromatic nitrogens is 3. The predicted molar refractivity (Wildman–Crippen MR) is 165 cm³/mol. The highest BCUT2D eigenvalue weighted by Crippen LogP contribution is 2.29. The van der Waals surface area contributed by atoms with Gasteiger partial charge in [-0.2, -0.15) is 5.10 Å². The quantitative estimate of drug-likeness (QED) is 0.102. The van der Waals surface area contributed by atoms with Crippen LogP contribution in [-0.4, -0.2) is 39.7 Å². The maximum absolute atomic E-state index is 12.6. The number of carbonyl (C=O) groups excluding carboxylic acids is 1. The molecule has 0 aliphatic rings. The molecule has 0 aliphatic carbocycles. The molecule has 0 saturated heterocycles. The summed E-state index contributed by atoms with van der Waals surface area (Å²) in [7, 11) is 1.58. The topological polar surface area (TPSA) is 90.6 Å². The van der Waals surface area contributed by atoms with E-state index in [1.54, 1.807) is 19.4 Å². The van der Waals surface area contributed by atoms with Crippen molar-refractivity contribution in [1.29, 1.82) is 0 Å². The van der Waals surface area contributed by atoms with Crippen molar-refractivity contribution in [2.24, 2.45) is 5.10 Å². The van der Waals surface area contributed by atoms with Crippen LogP contribution >= 0.6 is 27.7 Å². The van der Waals surface area contributed by atoms with Gasteiger partial charge in [-0.15, -0.1) is 10.2 Å². The molecule has 1 heterocycles. The van der Waals surface area contributed by atoms with Crippen molar-refractivity contribution >= 4 is 39.8 Å². The summed E-state index contributed by atoms with van der Waals surface area (Å²) < 4.78 is 14.3. The molecular weight excluding hydrogens is 602 g/mol. The van der Waals surface area contributed by atoms with Crippen molar-refractivity contribution in [2.45, 2.75) is 11.8 Å². The van der Waals surface area contributed by atoms with E-state index < -0.39 is 0 Å². The zero-order chi connectivity index (χ0) is 28.4. The molecule has 0 atom stereocenters. The number of nitrogens with zero attached hydrogens (tertiary/aromatic N) is 4. The van der Waals surface area contributed by atoms with E-state index in [0.717, 1.165) is 26.9 Å². The number of methoxy groups -OCH3 is 1. The number of nitrogens with one attached hydrogen (secondary N) is 1. The molecule has 1 amide bonds. The minimum atomic E-state index is -0.271. The molecule has 5 rings (SSSR count). The first-order valence-electron chi connectivity index (χ1n) is 12.7. The number of hydrogen-bond acceptors (Lipinski definition) is 7. The van der Waals surface area contributed by atoms with Crippen molar-refractivity contribution in [1.82, 2.24) is 20.2 Å². The molecule has 8 nitrogen and oxygen atoms in total. The van der Waals surface area contributed by atoms with Crippen LogP contribution in [0.3, 0.4) is 0 Å². The van der Waals surface area contributed by atoms with Crippen LogP contribution in [0.25, 0.3) is 17.1 Å². The minimum Gasteiger partial charge on any atom is -0.493 e. The molecule has 1 aromatic heterocycles. The van der Waals surface area contributed by atoms with Gasteiger partial charge in [-0.3, -0.25) is 9.36 Å². The lowest BCUT2D eigenvalue weighted by atomic mass is 10.2. The van der Waals surface area contributed by atoms with Gasteiger partial charge in [-0.1, -0.05) is 88.4 Å². The Kier molecular flexibility index (Phi) is 9.45. The predicted octanol–water partition coefficient (Wildman–Crippen LogP) is 6.53. The van der Waals surface area contributed by atoms with Crippen molar-refractivity contribution in [2.75, 3.05) is 12.9 Å². The standard InChI is InChI=1S/C31H26BrN5O3S/c1-39-28-18-23(12-17-27(28)40-20-22-8-4-2-5-9-22)19-33-34-29(38)21-41-31-36-35-30(24-10-6-3-7-11-24)37(31)26-15-13-25(32)14-16-26/h2-19H,20-21H2,1H3,(H,34,38). The summed E-state index contributed by atoms with van der Waals surface area (Å²) in [4.78, 5) is 12.6. The smallest absolute Gasteiger partial charge is 0.250 e. The number of halogens is 1. The Morgan fingerprint density at radius 1 is 0.951 bits per heavy atom. The normalized spacial score (nSPS) is 11.0. The number of thioether (sulfide) groups is 1. The molecule has 5 aromatic rings. The monoisotopic (exact) mass is 627 g/mol. The fourth-order valence-corrected chi connectivity index (χ4v) is 4.93. The number of benzene rings is 4. The third kappa shape index (κ3) is 7.41. The van der Waals surface area contributed by atoms with Gasteiger partial charge >= 0.3 is 0 Å². The molecular formula is C31H26BrN5O3S. The fraction of sp³-hybridized carbons (Fsp3) is 0.0968. The number of hydrogen-bond donors (Lipinski definition) is 1.